The highest BCUT2D eigenvalue weighted by Gasteiger charge is 2.26. The molecule has 144 valence electrons. The monoisotopic (exact) mass is 375 g/mol. The van der Waals surface area contributed by atoms with Gasteiger partial charge in [0.15, 0.2) is 0 Å². The summed E-state index contributed by atoms with van der Waals surface area (Å²) in [5.41, 5.74) is 3.81. The van der Waals surface area contributed by atoms with E-state index >= 15 is 0 Å². The average molecular weight is 375 g/mol. The first-order valence-corrected chi connectivity index (χ1v) is 9.87. The molecular weight excluding hydrogens is 350 g/mol. The highest BCUT2D eigenvalue weighted by Crippen LogP contribution is 2.24. The van der Waals surface area contributed by atoms with E-state index in [9.17, 15) is 4.79 Å². The zero-order valence-electron chi connectivity index (χ0n) is 15.8. The molecule has 1 aromatic carbocycles. The van der Waals surface area contributed by atoms with Crippen LogP contribution in [-0.2, 0) is 6.42 Å². The zero-order chi connectivity index (χ0) is 19.2. The summed E-state index contributed by atoms with van der Waals surface area (Å²) in [6, 6.07) is 16.0. The van der Waals surface area contributed by atoms with Gasteiger partial charge in [0, 0.05) is 41.9 Å². The summed E-state index contributed by atoms with van der Waals surface area (Å²) in [7, 11) is 0. The summed E-state index contributed by atoms with van der Waals surface area (Å²) in [6.07, 6.45) is 8.67. The number of hydrogen-bond donors (Lipinski definition) is 2. The van der Waals surface area contributed by atoms with Crippen LogP contribution < -0.4 is 5.32 Å². The van der Waals surface area contributed by atoms with E-state index < -0.39 is 0 Å². The number of carbonyl (C=O) groups excluding carboxylic acids is 1. The fraction of sp³-hybridized carbons (Fsp3) is 0.318. The second kappa shape index (κ2) is 8.69. The van der Waals surface area contributed by atoms with E-state index in [-0.39, 0.29) is 12.1 Å². The first kappa shape index (κ1) is 18.2. The molecule has 0 spiro atoms. The molecule has 1 aliphatic rings. The summed E-state index contributed by atoms with van der Waals surface area (Å²) in [6.45, 7) is 0.805. The van der Waals surface area contributed by atoms with Crippen molar-refractivity contribution >= 4 is 11.7 Å². The molecule has 1 fully saturated rings. The number of pyridine rings is 1. The van der Waals surface area contributed by atoms with Crippen LogP contribution in [0.25, 0.3) is 11.3 Å². The molecular formula is C22H25N5O. The third kappa shape index (κ3) is 4.39. The lowest BCUT2D eigenvalue weighted by molar-refractivity contribution is 0.158. The molecule has 3 heterocycles. The summed E-state index contributed by atoms with van der Waals surface area (Å²) in [5, 5.41) is 10.0. The van der Waals surface area contributed by atoms with Gasteiger partial charge in [0.05, 0.1) is 5.69 Å². The average Bonchev–Trinajstić information content (AvgIpc) is 3.28. The Balaban J connectivity index is 1.41. The maximum Gasteiger partial charge on any atom is 0.322 e. The minimum absolute atomic E-state index is 0.0209. The predicted octanol–water partition coefficient (Wildman–Crippen LogP) is 4.49. The van der Waals surface area contributed by atoms with Crippen molar-refractivity contribution in [3.05, 3.63) is 66.6 Å². The minimum Gasteiger partial charge on any atom is -0.322 e. The van der Waals surface area contributed by atoms with Crippen LogP contribution in [0.2, 0.25) is 0 Å². The number of nitrogens with one attached hydrogen (secondary N) is 2. The van der Waals surface area contributed by atoms with Crippen LogP contribution in [0.5, 0.6) is 0 Å². The fourth-order valence-electron chi connectivity index (χ4n) is 3.80. The lowest BCUT2D eigenvalue weighted by Gasteiger charge is -2.35. The topological polar surface area (TPSA) is 73.9 Å². The molecule has 0 bridgehead atoms. The van der Waals surface area contributed by atoms with E-state index in [4.69, 9.17) is 0 Å². The molecule has 2 amide bonds. The number of H-pyrrole nitrogens is 1. The number of carbonyl (C=O) groups is 1. The van der Waals surface area contributed by atoms with Gasteiger partial charge in [-0.3, -0.25) is 10.1 Å². The second-order valence-electron chi connectivity index (χ2n) is 7.18. The molecule has 0 unspecified atom stereocenters. The molecule has 2 N–H and O–H groups in total. The van der Waals surface area contributed by atoms with Gasteiger partial charge in [-0.25, -0.2) is 4.79 Å². The van der Waals surface area contributed by atoms with Gasteiger partial charge < -0.3 is 10.2 Å². The van der Waals surface area contributed by atoms with E-state index in [0.29, 0.717) is 0 Å². The van der Waals surface area contributed by atoms with Crippen LogP contribution >= 0.6 is 0 Å². The molecule has 1 atom stereocenters. The number of hydrogen-bond acceptors (Lipinski definition) is 3. The molecule has 4 rings (SSSR count). The maximum atomic E-state index is 13.0. The maximum absolute atomic E-state index is 13.0. The van der Waals surface area contributed by atoms with Gasteiger partial charge in [0.1, 0.15) is 0 Å². The van der Waals surface area contributed by atoms with Crippen LogP contribution in [0.4, 0.5) is 10.5 Å². The molecule has 6 heteroatoms. The van der Waals surface area contributed by atoms with E-state index in [2.05, 4.69) is 20.5 Å². The first-order valence-electron chi connectivity index (χ1n) is 9.87. The highest BCUT2D eigenvalue weighted by molar-refractivity contribution is 5.90. The van der Waals surface area contributed by atoms with Crippen molar-refractivity contribution in [2.45, 2.75) is 38.1 Å². The summed E-state index contributed by atoms with van der Waals surface area (Å²) in [4.78, 5) is 19.4. The molecule has 1 saturated heterocycles. The Hall–Kier alpha value is -3.15. The number of benzene rings is 1. The summed E-state index contributed by atoms with van der Waals surface area (Å²) < 4.78 is 0. The Morgan fingerprint density at radius 1 is 1.14 bits per heavy atom. The number of amides is 2. The standard InChI is InChI=1S/C22H25N5O/c28-22(25-19-8-5-6-17(16-19)21-12-14-24-26-21)27-15-4-2-9-20(27)11-10-18-7-1-3-13-23-18/h1,3,5-8,12-14,16,20H,2,4,9-11,15H2,(H,24,26)(H,25,28)/t20-/m1/s1. The molecule has 2 aromatic heterocycles. The number of aromatic nitrogens is 3. The molecule has 0 saturated carbocycles. The van der Waals surface area contributed by atoms with Gasteiger partial charge in [-0.15, -0.1) is 0 Å². The number of likely N-dealkylation sites (tertiary alicyclic amines) is 1. The lowest BCUT2D eigenvalue weighted by atomic mass is 9.97. The van der Waals surface area contributed by atoms with Crippen molar-refractivity contribution in [1.82, 2.24) is 20.1 Å². The molecule has 28 heavy (non-hydrogen) atoms. The number of nitrogens with zero attached hydrogens (tertiary/aromatic N) is 3. The minimum atomic E-state index is -0.0209. The van der Waals surface area contributed by atoms with Crippen LogP contribution in [0, 0.1) is 0 Å². The second-order valence-corrected chi connectivity index (χ2v) is 7.18. The molecule has 0 radical (unpaired) electrons. The quantitative estimate of drug-likeness (QED) is 0.690. The van der Waals surface area contributed by atoms with E-state index in [1.807, 2.05) is 59.6 Å². The Labute approximate surface area is 165 Å². The Bertz CT molecular complexity index is 894. The van der Waals surface area contributed by atoms with Gasteiger partial charge in [0.25, 0.3) is 0 Å². The normalized spacial score (nSPS) is 16.7. The first-order chi connectivity index (χ1) is 13.8. The number of rotatable bonds is 5. The van der Waals surface area contributed by atoms with Crippen LogP contribution in [0.1, 0.15) is 31.4 Å². The van der Waals surface area contributed by atoms with Crippen LogP contribution in [0.3, 0.4) is 0 Å². The third-order valence-corrected chi connectivity index (χ3v) is 5.27. The van der Waals surface area contributed by atoms with Gasteiger partial charge >= 0.3 is 6.03 Å². The Morgan fingerprint density at radius 2 is 2.11 bits per heavy atom. The Morgan fingerprint density at radius 3 is 2.93 bits per heavy atom. The largest absolute Gasteiger partial charge is 0.322 e. The van der Waals surface area contributed by atoms with Crippen molar-refractivity contribution in [2.24, 2.45) is 0 Å². The third-order valence-electron chi connectivity index (χ3n) is 5.27. The van der Waals surface area contributed by atoms with Crippen molar-refractivity contribution in [3.63, 3.8) is 0 Å². The molecule has 3 aromatic rings. The molecule has 6 nitrogen and oxygen atoms in total. The van der Waals surface area contributed by atoms with Gasteiger partial charge in [-0.2, -0.15) is 5.10 Å². The smallest absolute Gasteiger partial charge is 0.322 e. The van der Waals surface area contributed by atoms with Crippen LogP contribution in [-0.4, -0.2) is 38.7 Å². The van der Waals surface area contributed by atoms with E-state index in [0.717, 1.165) is 54.9 Å². The summed E-state index contributed by atoms with van der Waals surface area (Å²) in [5.74, 6) is 0. The van der Waals surface area contributed by atoms with Gasteiger partial charge in [-0.05, 0) is 62.4 Å². The van der Waals surface area contributed by atoms with Gasteiger partial charge in [0.2, 0.25) is 0 Å². The van der Waals surface area contributed by atoms with E-state index in [1.54, 1.807) is 6.20 Å². The number of urea groups is 1. The molecule has 0 aliphatic carbocycles. The molecule has 1 aliphatic heterocycles. The SMILES string of the molecule is O=C(Nc1cccc(-c2ccn[nH]2)c1)N1CCCC[C@@H]1CCc1ccccn1. The lowest BCUT2D eigenvalue weighted by Crippen LogP contribution is -2.46. The number of anilines is 1. The van der Waals surface area contributed by atoms with Crippen molar-refractivity contribution in [1.29, 1.82) is 0 Å². The summed E-state index contributed by atoms with van der Waals surface area (Å²) >= 11 is 0. The number of aryl methyl sites for hydroxylation is 1. The fourth-order valence-corrected chi connectivity index (χ4v) is 3.80. The predicted molar refractivity (Wildman–Crippen MR) is 110 cm³/mol. The Kier molecular flexibility index (Phi) is 5.66. The highest BCUT2D eigenvalue weighted by atomic mass is 16.2. The number of piperidine rings is 1. The van der Waals surface area contributed by atoms with Crippen molar-refractivity contribution in [2.75, 3.05) is 11.9 Å². The van der Waals surface area contributed by atoms with Crippen molar-refractivity contribution in [3.8, 4) is 11.3 Å². The van der Waals surface area contributed by atoms with Crippen LogP contribution in [0.15, 0.2) is 60.9 Å². The zero-order valence-corrected chi connectivity index (χ0v) is 15.8. The number of aromatic amines is 1. The van der Waals surface area contributed by atoms with Crippen molar-refractivity contribution < 1.29 is 4.79 Å². The van der Waals surface area contributed by atoms with E-state index in [1.165, 1.54) is 6.42 Å². The van der Waals surface area contributed by atoms with Gasteiger partial charge in [-0.1, -0.05) is 18.2 Å².